The number of fused-ring (bicyclic) bond motifs is 1. The van der Waals surface area contributed by atoms with Gasteiger partial charge in [-0.1, -0.05) is 17.7 Å². The molecule has 24 heavy (non-hydrogen) atoms. The van der Waals surface area contributed by atoms with Crippen LogP contribution in [0.1, 0.15) is 23.6 Å². The topological polar surface area (TPSA) is 75.8 Å². The van der Waals surface area contributed by atoms with Crippen molar-refractivity contribution in [1.82, 2.24) is 5.01 Å². The van der Waals surface area contributed by atoms with Crippen molar-refractivity contribution >= 4 is 28.9 Å². The van der Waals surface area contributed by atoms with Gasteiger partial charge in [-0.25, -0.2) is 5.01 Å². The standard InChI is InChI=1S/C17H14ClN3O3/c1-11(22)20-9-8-12-2-5-14(18)10-16(12)17(19-20)13-3-6-15(7-4-13)21(23)24/h2-7,10H,8-9H2,1H3. The SMILES string of the molecule is CC(=O)N1CCc2ccc(Cl)cc2C(c2ccc([N+](=O)[O-])cc2)=N1. The molecule has 0 unspecified atom stereocenters. The van der Waals surface area contributed by atoms with Gasteiger partial charge in [0.1, 0.15) is 0 Å². The number of non-ortho nitro benzene ring substituents is 1. The Labute approximate surface area is 143 Å². The summed E-state index contributed by atoms with van der Waals surface area (Å²) in [5.41, 5.74) is 3.13. The summed E-state index contributed by atoms with van der Waals surface area (Å²) in [7, 11) is 0. The summed E-state index contributed by atoms with van der Waals surface area (Å²) in [5.74, 6) is -0.159. The minimum Gasteiger partial charge on any atom is -0.273 e. The molecule has 0 saturated carbocycles. The summed E-state index contributed by atoms with van der Waals surface area (Å²) in [6, 6.07) is 11.6. The van der Waals surface area contributed by atoms with Crippen LogP contribution >= 0.6 is 11.6 Å². The third-order valence-electron chi connectivity index (χ3n) is 3.86. The number of nitrogens with zero attached hydrogens (tertiary/aromatic N) is 3. The molecule has 0 radical (unpaired) electrons. The highest BCUT2D eigenvalue weighted by molar-refractivity contribution is 6.31. The van der Waals surface area contributed by atoms with Gasteiger partial charge in [-0.15, -0.1) is 0 Å². The minimum atomic E-state index is -0.453. The lowest BCUT2D eigenvalue weighted by Crippen LogP contribution is -2.25. The number of halogens is 1. The van der Waals surface area contributed by atoms with Crippen LogP contribution in [0, 0.1) is 10.1 Å². The summed E-state index contributed by atoms with van der Waals surface area (Å²) < 4.78 is 0. The van der Waals surface area contributed by atoms with Crippen LogP contribution in [0.3, 0.4) is 0 Å². The van der Waals surface area contributed by atoms with Crippen LogP contribution in [0.5, 0.6) is 0 Å². The summed E-state index contributed by atoms with van der Waals surface area (Å²) in [4.78, 5) is 22.2. The van der Waals surface area contributed by atoms with Crippen LogP contribution in [0.15, 0.2) is 47.6 Å². The molecule has 1 aliphatic rings. The number of hydrogen-bond acceptors (Lipinski definition) is 4. The molecule has 0 bridgehead atoms. The second kappa shape index (κ2) is 6.41. The Morgan fingerprint density at radius 2 is 1.96 bits per heavy atom. The first-order valence-electron chi connectivity index (χ1n) is 7.36. The molecule has 122 valence electrons. The van der Waals surface area contributed by atoms with Crippen molar-refractivity contribution < 1.29 is 9.72 Å². The number of carbonyl (C=O) groups is 1. The minimum absolute atomic E-state index is 0.00251. The van der Waals surface area contributed by atoms with Crippen LogP contribution in [0.4, 0.5) is 5.69 Å². The van der Waals surface area contributed by atoms with Crippen molar-refractivity contribution in [2.45, 2.75) is 13.3 Å². The second-order valence-corrected chi connectivity index (χ2v) is 5.88. The first-order valence-corrected chi connectivity index (χ1v) is 7.74. The Balaban J connectivity index is 2.14. The Morgan fingerprint density at radius 3 is 2.58 bits per heavy atom. The number of benzene rings is 2. The maximum Gasteiger partial charge on any atom is 0.269 e. The summed E-state index contributed by atoms with van der Waals surface area (Å²) in [6.07, 6.45) is 0.659. The molecular formula is C17H14ClN3O3. The Kier molecular flexibility index (Phi) is 4.31. The van der Waals surface area contributed by atoms with Gasteiger partial charge in [0.2, 0.25) is 5.91 Å². The van der Waals surface area contributed by atoms with Crippen molar-refractivity contribution in [2.75, 3.05) is 6.54 Å². The van der Waals surface area contributed by atoms with E-state index in [0.717, 1.165) is 11.1 Å². The fourth-order valence-electron chi connectivity index (χ4n) is 2.62. The van der Waals surface area contributed by atoms with Crippen molar-refractivity contribution in [3.63, 3.8) is 0 Å². The van der Waals surface area contributed by atoms with E-state index in [9.17, 15) is 14.9 Å². The molecule has 3 rings (SSSR count). The lowest BCUT2D eigenvalue weighted by molar-refractivity contribution is -0.384. The summed E-state index contributed by atoms with van der Waals surface area (Å²) >= 11 is 6.12. The Hall–Kier alpha value is -2.73. The van der Waals surface area contributed by atoms with Crippen LogP contribution in [-0.2, 0) is 11.2 Å². The van der Waals surface area contributed by atoms with Gasteiger partial charge in [-0.3, -0.25) is 14.9 Å². The van der Waals surface area contributed by atoms with Gasteiger partial charge >= 0.3 is 0 Å². The van der Waals surface area contributed by atoms with E-state index < -0.39 is 4.92 Å². The fraction of sp³-hybridized carbons (Fsp3) is 0.176. The zero-order valence-corrected chi connectivity index (χ0v) is 13.7. The predicted octanol–water partition coefficient (Wildman–Crippen LogP) is 3.41. The summed E-state index contributed by atoms with van der Waals surface area (Å²) in [5, 5.41) is 17.3. The van der Waals surface area contributed by atoms with E-state index in [1.165, 1.54) is 24.1 Å². The normalized spacial score (nSPS) is 13.8. The molecule has 6 nitrogen and oxygen atoms in total. The van der Waals surface area contributed by atoms with E-state index in [4.69, 9.17) is 11.6 Å². The van der Waals surface area contributed by atoms with E-state index in [0.29, 0.717) is 29.3 Å². The Bertz CT molecular complexity index is 847. The van der Waals surface area contributed by atoms with E-state index in [1.807, 2.05) is 6.07 Å². The molecule has 0 N–H and O–H groups in total. The fourth-order valence-corrected chi connectivity index (χ4v) is 2.79. The zero-order valence-electron chi connectivity index (χ0n) is 12.9. The number of hydrogen-bond donors (Lipinski definition) is 0. The molecule has 0 aromatic heterocycles. The number of hydrazone groups is 1. The average Bonchev–Trinajstić information content (AvgIpc) is 2.74. The molecular weight excluding hydrogens is 330 g/mol. The highest BCUT2D eigenvalue weighted by Crippen LogP contribution is 2.25. The van der Waals surface area contributed by atoms with Gasteiger partial charge in [0, 0.05) is 41.8 Å². The highest BCUT2D eigenvalue weighted by Gasteiger charge is 2.21. The number of carbonyl (C=O) groups excluding carboxylic acids is 1. The van der Waals surface area contributed by atoms with Gasteiger partial charge in [-0.2, -0.15) is 5.10 Å². The molecule has 2 aromatic carbocycles. The number of rotatable bonds is 2. The third-order valence-corrected chi connectivity index (χ3v) is 4.09. The smallest absolute Gasteiger partial charge is 0.269 e. The lowest BCUT2D eigenvalue weighted by atomic mass is 9.96. The number of amides is 1. The van der Waals surface area contributed by atoms with Gasteiger partial charge in [0.05, 0.1) is 10.6 Å². The quantitative estimate of drug-likeness (QED) is 0.619. The molecule has 1 aliphatic heterocycles. The largest absolute Gasteiger partial charge is 0.273 e. The van der Waals surface area contributed by atoms with Gasteiger partial charge in [-0.05, 0) is 36.2 Å². The molecule has 0 fully saturated rings. The molecule has 1 heterocycles. The first kappa shape index (κ1) is 16.1. The van der Waals surface area contributed by atoms with E-state index >= 15 is 0 Å². The number of nitro groups is 1. The molecule has 0 aliphatic carbocycles. The van der Waals surface area contributed by atoms with Crippen LogP contribution in [-0.4, -0.2) is 28.1 Å². The van der Waals surface area contributed by atoms with Gasteiger partial charge in [0.15, 0.2) is 0 Å². The molecule has 2 aromatic rings. The molecule has 7 heteroatoms. The molecule has 0 saturated heterocycles. The highest BCUT2D eigenvalue weighted by atomic mass is 35.5. The van der Waals surface area contributed by atoms with Gasteiger partial charge < -0.3 is 0 Å². The van der Waals surface area contributed by atoms with Crippen molar-refractivity contribution in [2.24, 2.45) is 5.10 Å². The second-order valence-electron chi connectivity index (χ2n) is 5.45. The average molecular weight is 344 g/mol. The van der Waals surface area contributed by atoms with E-state index in [1.54, 1.807) is 24.3 Å². The van der Waals surface area contributed by atoms with Crippen LogP contribution < -0.4 is 0 Å². The maximum absolute atomic E-state index is 11.8. The molecule has 1 amide bonds. The van der Waals surface area contributed by atoms with Crippen molar-refractivity contribution in [3.05, 3.63) is 74.3 Å². The maximum atomic E-state index is 11.8. The van der Waals surface area contributed by atoms with E-state index in [-0.39, 0.29) is 11.6 Å². The third kappa shape index (κ3) is 3.14. The van der Waals surface area contributed by atoms with E-state index in [2.05, 4.69) is 5.10 Å². The molecule has 0 spiro atoms. The Morgan fingerprint density at radius 1 is 1.25 bits per heavy atom. The zero-order chi connectivity index (χ0) is 17.3. The summed E-state index contributed by atoms with van der Waals surface area (Å²) in [6.45, 7) is 1.93. The molecule has 0 atom stereocenters. The van der Waals surface area contributed by atoms with Crippen molar-refractivity contribution in [1.29, 1.82) is 0 Å². The predicted molar refractivity (Wildman–Crippen MR) is 91.3 cm³/mol. The first-order chi connectivity index (χ1) is 11.5. The lowest BCUT2D eigenvalue weighted by Gasteiger charge is -2.14. The van der Waals surface area contributed by atoms with Crippen molar-refractivity contribution in [3.8, 4) is 0 Å². The van der Waals surface area contributed by atoms with Gasteiger partial charge in [0.25, 0.3) is 5.69 Å². The van der Waals surface area contributed by atoms with Crippen LogP contribution in [0.2, 0.25) is 5.02 Å². The monoisotopic (exact) mass is 343 g/mol. The van der Waals surface area contributed by atoms with Crippen LogP contribution in [0.25, 0.3) is 0 Å². The number of nitro benzene ring substituents is 1.